The standard InChI is InChI=1S/C11H14N4O2S/c1-8-3-4-10(9(12)5-8)14-18(16,17)11-6-15(2)7-13-11/h3-7,14H,12H2,1-2H3. The number of aryl methyl sites for hydroxylation is 2. The monoisotopic (exact) mass is 266 g/mol. The first-order valence-electron chi connectivity index (χ1n) is 5.25. The molecule has 7 heteroatoms. The SMILES string of the molecule is Cc1ccc(NS(=O)(=O)c2cn(C)cn2)c(N)c1. The number of nitrogens with two attached hydrogens (primary N) is 1. The summed E-state index contributed by atoms with van der Waals surface area (Å²) < 4.78 is 28.0. The first-order valence-corrected chi connectivity index (χ1v) is 6.74. The predicted molar refractivity (Wildman–Crippen MR) is 69.6 cm³/mol. The van der Waals surface area contributed by atoms with Crippen LogP contribution in [-0.4, -0.2) is 18.0 Å². The van der Waals surface area contributed by atoms with E-state index >= 15 is 0 Å². The topological polar surface area (TPSA) is 90.0 Å². The summed E-state index contributed by atoms with van der Waals surface area (Å²) in [4.78, 5) is 3.80. The van der Waals surface area contributed by atoms with Crippen molar-refractivity contribution in [3.05, 3.63) is 36.3 Å². The van der Waals surface area contributed by atoms with E-state index in [1.165, 1.54) is 12.5 Å². The Hall–Kier alpha value is -2.02. The fourth-order valence-electron chi connectivity index (χ4n) is 1.50. The highest BCUT2D eigenvalue weighted by atomic mass is 32.2. The van der Waals surface area contributed by atoms with E-state index in [0.29, 0.717) is 11.4 Å². The maximum Gasteiger partial charge on any atom is 0.281 e. The highest BCUT2D eigenvalue weighted by Gasteiger charge is 2.18. The Labute approximate surface area is 106 Å². The fraction of sp³-hybridized carbons (Fsp3) is 0.182. The van der Waals surface area contributed by atoms with E-state index < -0.39 is 10.0 Å². The van der Waals surface area contributed by atoms with E-state index in [4.69, 9.17) is 5.73 Å². The lowest BCUT2D eigenvalue weighted by Crippen LogP contribution is -2.14. The van der Waals surface area contributed by atoms with Gasteiger partial charge in [0.05, 0.1) is 17.7 Å². The zero-order valence-electron chi connectivity index (χ0n) is 10.1. The molecule has 0 aliphatic rings. The lowest BCUT2D eigenvalue weighted by atomic mass is 10.2. The Bertz CT molecular complexity index is 676. The number of sulfonamides is 1. The molecular weight excluding hydrogens is 252 g/mol. The van der Waals surface area contributed by atoms with Crippen molar-refractivity contribution in [2.24, 2.45) is 7.05 Å². The lowest BCUT2D eigenvalue weighted by Gasteiger charge is -2.09. The normalized spacial score (nSPS) is 11.4. The number of anilines is 2. The summed E-state index contributed by atoms with van der Waals surface area (Å²) in [6.45, 7) is 1.88. The van der Waals surface area contributed by atoms with Crippen molar-refractivity contribution >= 4 is 21.4 Å². The molecule has 3 N–H and O–H groups in total. The Morgan fingerprint density at radius 2 is 2.11 bits per heavy atom. The average Bonchev–Trinajstić information content (AvgIpc) is 2.70. The van der Waals surface area contributed by atoms with E-state index in [1.54, 1.807) is 29.8 Å². The van der Waals surface area contributed by atoms with Crippen molar-refractivity contribution in [2.75, 3.05) is 10.5 Å². The highest BCUT2D eigenvalue weighted by Crippen LogP contribution is 2.22. The quantitative estimate of drug-likeness (QED) is 0.814. The third-order valence-corrected chi connectivity index (χ3v) is 3.66. The summed E-state index contributed by atoms with van der Waals surface area (Å²) in [6.07, 6.45) is 2.85. The Morgan fingerprint density at radius 1 is 1.39 bits per heavy atom. The van der Waals surface area contributed by atoms with Gasteiger partial charge in [0, 0.05) is 13.2 Å². The number of aromatic nitrogens is 2. The van der Waals surface area contributed by atoms with Crippen LogP contribution in [0.1, 0.15) is 5.56 Å². The summed E-state index contributed by atoms with van der Waals surface area (Å²) in [6, 6.07) is 5.12. The molecule has 1 heterocycles. The van der Waals surface area contributed by atoms with Crippen molar-refractivity contribution in [3.8, 4) is 0 Å². The fourth-order valence-corrected chi connectivity index (χ4v) is 2.57. The molecule has 0 aliphatic heterocycles. The molecule has 0 unspecified atom stereocenters. The van der Waals surface area contributed by atoms with Gasteiger partial charge in [0.1, 0.15) is 0 Å². The Morgan fingerprint density at radius 3 is 2.67 bits per heavy atom. The first-order chi connectivity index (χ1) is 8.38. The van der Waals surface area contributed by atoms with Crippen LogP contribution in [0.5, 0.6) is 0 Å². The van der Waals surface area contributed by atoms with Gasteiger partial charge >= 0.3 is 0 Å². The van der Waals surface area contributed by atoms with Gasteiger partial charge in [-0.2, -0.15) is 8.42 Å². The smallest absolute Gasteiger partial charge is 0.281 e. The van der Waals surface area contributed by atoms with Crippen LogP contribution in [-0.2, 0) is 17.1 Å². The molecule has 0 amide bonds. The third-order valence-electron chi connectivity index (χ3n) is 2.41. The number of rotatable bonds is 3. The van der Waals surface area contributed by atoms with Gasteiger partial charge < -0.3 is 10.3 Å². The minimum atomic E-state index is -3.69. The summed E-state index contributed by atoms with van der Waals surface area (Å²) in [7, 11) is -1.99. The Balaban J connectivity index is 2.33. The van der Waals surface area contributed by atoms with Crippen LogP contribution < -0.4 is 10.5 Å². The van der Waals surface area contributed by atoms with Crippen molar-refractivity contribution in [3.63, 3.8) is 0 Å². The molecule has 2 rings (SSSR count). The molecule has 1 aromatic heterocycles. The number of hydrogen-bond donors (Lipinski definition) is 2. The Kier molecular flexibility index (Phi) is 3.00. The molecule has 0 saturated carbocycles. The van der Waals surface area contributed by atoms with Gasteiger partial charge in [-0.1, -0.05) is 6.07 Å². The van der Waals surface area contributed by atoms with Gasteiger partial charge in [0.25, 0.3) is 10.0 Å². The molecule has 0 atom stereocenters. The maximum atomic E-state index is 12.0. The number of nitrogens with one attached hydrogen (secondary N) is 1. The van der Waals surface area contributed by atoms with Gasteiger partial charge in [-0.15, -0.1) is 0 Å². The molecule has 0 aliphatic carbocycles. The number of nitrogen functional groups attached to an aromatic ring is 1. The van der Waals surface area contributed by atoms with Gasteiger partial charge in [-0.05, 0) is 24.6 Å². The molecule has 18 heavy (non-hydrogen) atoms. The van der Waals surface area contributed by atoms with Crippen molar-refractivity contribution in [1.29, 1.82) is 0 Å². The van der Waals surface area contributed by atoms with E-state index in [-0.39, 0.29) is 5.03 Å². The molecule has 0 saturated heterocycles. The number of benzene rings is 1. The second kappa shape index (κ2) is 4.34. The molecule has 0 bridgehead atoms. The first kappa shape index (κ1) is 12.4. The largest absolute Gasteiger partial charge is 0.397 e. The van der Waals surface area contributed by atoms with Crippen LogP contribution >= 0.6 is 0 Å². The van der Waals surface area contributed by atoms with E-state index in [2.05, 4.69) is 9.71 Å². The van der Waals surface area contributed by atoms with Crippen molar-refractivity contribution in [1.82, 2.24) is 9.55 Å². The van der Waals surface area contributed by atoms with E-state index in [1.807, 2.05) is 6.92 Å². The second-order valence-corrected chi connectivity index (χ2v) is 5.70. The molecule has 1 aromatic carbocycles. The van der Waals surface area contributed by atoms with Crippen LogP contribution in [0.25, 0.3) is 0 Å². The number of imidazole rings is 1. The van der Waals surface area contributed by atoms with Crippen molar-refractivity contribution in [2.45, 2.75) is 11.9 Å². The molecule has 2 aromatic rings. The van der Waals surface area contributed by atoms with Gasteiger partial charge in [-0.25, -0.2) is 4.98 Å². The van der Waals surface area contributed by atoms with Crippen LogP contribution in [0.2, 0.25) is 0 Å². The summed E-state index contributed by atoms with van der Waals surface area (Å²) in [5.74, 6) is 0. The third kappa shape index (κ3) is 2.45. The lowest BCUT2D eigenvalue weighted by molar-refractivity contribution is 0.598. The van der Waals surface area contributed by atoms with Gasteiger partial charge in [0.15, 0.2) is 5.03 Å². The number of nitrogens with zero attached hydrogens (tertiary/aromatic N) is 2. The molecule has 96 valence electrons. The average molecular weight is 266 g/mol. The molecule has 6 nitrogen and oxygen atoms in total. The predicted octanol–water partition coefficient (Wildman–Crippen LogP) is 1.11. The summed E-state index contributed by atoms with van der Waals surface area (Å²) in [5.41, 5.74) is 7.46. The van der Waals surface area contributed by atoms with Gasteiger partial charge in [0.2, 0.25) is 0 Å². The minimum absolute atomic E-state index is 0.0371. The van der Waals surface area contributed by atoms with Crippen LogP contribution in [0, 0.1) is 6.92 Å². The van der Waals surface area contributed by atoms with Crippen LogP contribution in [0.15, 0.2) is 35.7 Å². The molecule has 0 radical (unpaired) electrons. The summed E-state index contributed by atoms with van der Waals surface area (Å²) >= 11 is 0. The molecular formula is C11H14N4O2S. The van der Waals surface area contributed by atoms with Crippen LogP contribution in [0.4, 0.5) is 11.4 Å². The maximum absolute atomic E-state index is 12.0. The van der Waals surface area contributed by atoms with Crippen molar-refractivity contribution < 1.29 is 8.42 Å². The van der Waals surface area contributed by atoms with E-state index in [0.717, 1.165) is 5.56 Å². The molecule has 0 fully saturated rings. The zero-order chi connectivity index (χ0) is 13.3. The van der Waals surface area contributed by atoms with Crippen LogP contribution in [0.3, 0.4) is 0 Å². The zero-order valence-corrected chi connectivity index (χ0v) is 10.9. The van der Waals surface area contributed by atoms with E-state index in [9.17, 15) is 8.42 Å². The summed E-state index contributed by atoms with van der Waals surface area (Å²) in [5, 5.41) is -0.0371. The minimum Gasteiger partial charge on any atom is -0.397 e. The highest BCUT2D eigenvalue weighted by molar-refractivity contribution is 7.92. The molecule has 0 spiro atoms. The second-order valence-electron chi connectivity index (χ2n) is 4.07. The van der Waals surface area contributed by atoms with Gasteiger partial charge in [-0.3, -0.25) is 4.72 Å². The number of hydrogen-bond acceptors (Lipinski definition) is 4.